The number of benzene rings is 1. The molecule has 1 saturated carbocycles. The van der Waals surface area contributed by atoms with Gasteiger partial charge in [-0.15, -0.1) is 0 Å². The first kappa shape index (κ1) is 15.5. The van der Waals surface area contributed by atoms with E-state index in [1.165, 1.54) is 11.1 Å². The van der Waals surface area contributed by atoms with Gasteiger partial charge in [0.15, 0.2) is 0 Å². The molecule has 0 unspecified atom stereocenters. The second-order valence-electron chi connectivity index (χ2n) is 6.87. The molecule has 1 amide bonds. The van der Waals surface area contributed by atoms with Gasteiger partial charge in [-0.05, 0) is 36.6 Å². The van der Waals surface area contributed by atoms with Gasteiger partial charge in [0.2, 0.25) is 5.91 Å². The molecule has 0 radical (unpaired) electrons. The summed E-state index contributed by atoms with van der Waals surface area (Å²) in [7, 11) is 3.95. The largest absolute Gasteiger partial charge is 0.391 e. The number of aliphatic hydroxyl groups is 1. The van der Waals surface area contributed by atoms with Gasteiger partial charge in [0.05, 0.1) is 6.10 Å². The zero-order valence-electron chi connectivity index (χ0n) is 13.3. The van der Waals surface area contributed by atoms with Gasteiger partial charge in [-0.3, -0.25) is 9.69 Å². The number of hydrogen-bond acceptors (Lipinski definition) is 4. The first-order chi connectivity index (χ1) is 10.4. The summed E-state index contributed by atoms with van der Waals surface area (Å²) < 4.78 is 0. The maximum Gasteiger partial charge on any atom is 0.225 e. The van der Waals surface area contributed by atoms with Gasteiger partial charge in [0, 0.05) is 38.6 Å². The second-order valence-corrected chi connectivity index (χ2v) is 6.87. The van der Waals surface area contributed by atoms with Gasteiger partial charge < -0.3 is 15.7 Å². The minimum absolute atomic E-state index is 0.0876. The molecule has 3 N–H and O–H groups in total. The number of carbonyl (C=O) groups is 1. The standard InChI is InChI=1S/C17H25N3O2/c1-19-9-12-4-3-11(5-14(12)10-19)8-20(2)17(22)13-6-15(18)16(21)7-13/h3-5,13,15-16,21H,6-10,18H2,1-2H3/t13-,15+,16+/m0/s1. The van der Waals surface area contributed by atoms with E-state index < -0.39 is 6.10 Å². The van der Waals surface area contributed by atoms with E-state index in [4.69, 9.17) is 5.73 Å². The predicted molar refractivity (Wildman–Crippen MR) is 84.8 cm³/mol. The van der Waals surface area contributed by atoms with E-state index in [9.17, 15) is 9.90 Å². The number of carbonyl (C=O) groups excluding carboxylic acids is 1. The fraction of sp³-hybridized carbons (Fsp3) is 0.588. The summed E-state index contributed by atoms with van der Waals surface area (Å²) in [6.07, 6.45) is 0.524. The Hall–Kier alpha value is -1.43. The van der Waals surface area contributed by atoms with Crippen molar-refractivity contribution in [2.45, 2.75) is 44.6 Å². The van der Waals surface area contributed by atoms with Crippen molar-refractivity contribution in [2.24, 2.45) is 11.7 Å². The first-order valence-corrected chi connectivity index (χ1v) is 7.92. The Bertz CT molecular complexity index is 565. The first-order valence-electron chi connectivity index (χ1n) is 7.92. The van der Waals surface area contributed by atoms with Gasteiger partial charge in [-0.2, -0.15) is 0 Å². The molecule has 1 aliphatic heterocycles. The Kier molecular flexibility index (Phi) is 4.21. The smallest absolute Gasteiger partial charge is 0.225 e. The highest BCUT2D eigenvalue weighted by Crippen LogP contribution is 2.27. The maximum absolute atomic E-state index is 12.5. The van der Waals surface area contributed by atoms with Gasteiger partial charge in [0.25, 0.3) is 0 Å². The summed E-state index contributed by atoms with van der Waals surface area (Å²) in [5, 5.41) is 9.72. The minimum Gasteiger partial charge on any atom is -0.391 e. The third kappa shape index (κ3) is 3.02. The van der Waals surface area contributed by atoms with Crippen molar-refractivity contribution in [2.75, 3.05) is 14.1 Å². The van der Waals surface area contributed by atoms with Crippen LogP contribution >= 0.6 is 0 Å². The lowest BCUT2D eigenvalue weighted by Crippen LogP contribution is -2.32. The van der Waals surface area contributed by atoms with Crippen LogP contribution in [0.4, 0.5) is 0 Å². The minimum atomic E-state index is -0.544. The molecule has 1 aromatic carbocycles. The van der Waals surface area contributed by atoms with Crippen LogP contribution in [0.3, 0.4) is 0 Å². The highest BCUT2D eigenvalue weighted by atomic mass is 16.3. The van der Waals surface area contributed by atoms with Crippen molar-refractivity contribution in [3.05, 3.63) is 34.9 Å². The lowest BCUT2D eigenvalue weighted by Gasteiger charge is -2.21. The molecule has 1 heterocycles. The van der Waals surface area contributed by atoms with Gasteiger partial charge in [-0.25, -0.2) is 0 Å². The molecule has 0 aromatic heterocycles. The van der Waals surface area contributed by atoms with E-state index in [1.807, 2.05) is 7.05 Å². The van der Waals surface area contributed by atoms with E-state index in [0.29, 0.717) is 19.4 Å². The van der Waals surface area contributed by atoms with Crippen LogP contribution in [0.25, 0.3) is 0 Å². The fourth-order valence-corrected chi connectivity index (χ4v) is 3.63. The van der Waals surface area contributed by atoms with Crippen LogP contribution in [-0.4, -0.2) is 47.1 Å². The van der Waals surface area contributed by atoms with Crippen molar-refractivity contribution < 1.29 is 9.90 Å². The highest BCUT2D eigenvalue weighted by Gasteiger charge is 2.36. The van der Waals surface area contributed by atoms with Crippen LogP contribution in [0.5, 0.6) is 0 Å². The predicted octanol–water partition coefficient (Wildman–Crippen LogP) is 0.689. The molecule has 0 bridgehead atoms. The van der Waals surface area contributed by atoms with Crippen molar-refractivity contribution in [1.82, 2.24) is 9.80 Å². The second kappa shape index (κ2) is 5.99. The average molecular weight is 303 g/mol. The average Bonchev–Trinajstić information content (AvgIpc) is 2.99. The number of nitrogens with zero attached hydrogens (tertiary/aromatic N) is 2. The van der Waals surface area contributed by atoms with Gasteiger partial charge in [0.1, 0.15) is 0 Å². The van der Waals surface area contributed by atoms with Gasteiger partial charge in [-0.1, -0.05) is 18.2 Å². The topological polar surface area (TPSA) is 69.8 Å². The molecule has 1 fully saturated rings. The van der Waals surface area contributed by atoms with E-state index >= 15 is 0 Å². The number of nitrogens with two attached hydrogens (primary N) is 1. The molecule has 2 aliphatic rings. The number of hydrogen-bond donors (Lipinski definition) is 2. The quantitative estimate of drug-likeness (QED) is 0.862. The Morgan fingerprint density at radius 3 is 2.77 bits per heavy atom. The number of aliphatic hydroxyl groups excluding tert-OH is 1. The van der Waals surface area contributed by atoms with Crippen LogP contribution in [0.2, 0.25) is 0 Å². The molecule has 1 aromatic rings. The Labute approximate surface area is 131 Å². The monoisotopic (exact) mass is 303 g/mol. The summed E-state index contributed by atoms with van der Waals surface area (Å²) in [4.78, 5) is 16.5. The maximum atomic E-state index is 12.5. The van der Waals surface area contributed by atoms with Crippen LogP contribution < -0.4 is 5.73 Å². The van der Waals surface area contributed by atoms with Crippen LogP contribution in [0, 0.1) is 5.92 Å². The van der Waals surface area contributed by atoms with Crippen LogP contribution in [0.1, 0.15) is 29.5 Å². The molecule has 120 valence electrons. The van der Waals surface area contributed by atoms with Crippen molar-refractivity contribution in [1.29, 1.82) is 0 Å². The Balaban J connectivity index is 1.63. The van der Waals surface area contributed by atoms with E-state index in [2.05, 4.69) is 30.1 Å². The lowest BCUT2D eigenvalue weighted by molar-refractivity contribution is -0.134. The summed E-state index contributed by atoms with van der Waals surface area (Å²) in [5.41, 5.74) is 9.71. The molecule has 1 aliphatic carbocycles. The van der Waals surface area contributed by atoms with Crippen molar-refractivity contribution >= 4 is 5.91 Å². The van der Waals surface area contributed by atoms with Gasteiger partial charge >= 0.3 is 0 Å². The lowest BCUT2D eigenvalue weighted by atomic mass is 10.0. The number of amides is 1. The van der Waals surface area contributed by atoms with E-state index in [-0.39, 0.29) is 17.9 Å². The molecule has 0 spiro atoms. The molecule has 5 nitrogen and oxygen atoms in total. The Morgan fingerprint density at radius 2 is 2.09 bits per heavy atom. The van der Waals surface area contributed by atoms with E-state index in [1.54, 1.807) is 4.90 Å². The fourth-order valence-electron chi connectivity index (χ4n) is 3.63. The molecule has 5 heteroatoms. The summed E-state index contributed by atoms with van der Waals surface area (Å²) in [6, 6.07) is 6.22. The number of rotatable bonds is 3. The molecule has 22 heavy (non-hydrogen) atoms. The summed E-state index contributed by atoms with van der Waals surface area (Å²) in [5.74, 6) is -0.0554. The highest BCUT2D eigenvalue weighted by molar-refractivity contribution is 5.79. The molecule has 0 saturated heterocycles. The van der Waals surface area contributed by atoms with Crippen molar-refractivity contribution in [3.8, 4) is 0 Å². The summed E-state index contributed by atoms with van der Waals surface area (Å²) >= 11 is 0. The molecular weight excluding hydrogens is 278 g/mol. The third-order valence-electron chi connectivity index (χ3n) is 4.87. The van der Waals surface area contributed by atoms with E-state index in [0.717, 1.165) is 18.7 Å². The Morgan fingerprint density at radius 1 is 1.36 bits per heavy atom. The van der Waals surface area contributed by atoms with Crippen LogP contribution in [0.15, 0.2) is 18.2 Å². The SMILES string of the molecule is CN1Cc2ccc(CN(C)C(=O)[C@H]3C[C@@H](N)[C@H](O)C3)cc2C1. The number of fused-ring (bicyclic) bond motifs is 1. The molecular formula is C17H25N3O2. The third-order valence-corrected chi connectivity index (χ3v) is 4.87. The summed E-state index contributed by atoms with van der Waals surface area (Å²) in [6.45, 7) is 2.59. The van der Waals surface area contributed by atoms with Crippen molar-refractivity contribution in [3.63, 3.8) is 0 Å². The normalized spacial score (nSPS) is 27.9. The molecule has 3 rings (SSSR count). The zero-order valence-corrected chi connectivity index (χ0v) is 13.3. The van der Waals surface area contributed by atoms with Crippen LogP contribution in [-0.2, 0) is 24.4 Å². The zero-order chi connectivity index (χ0) is 15.9. The molecule has 3 atom stereocenters.